The smallest absolute Gasteiger partial charge is 0.252 e. The molecule has 9 aromatic rings. The monoisotopic (exact) mass is 1350 g/mol. The largest absolute Gasteiger partial charge is 0.311 e. The first-order valence-electron chi connectivity index (χ1n) is 38.3. The lowest BCUT2D eigenvalue weighted by Gasteiger charge is -2.48. The first kappa shape index (κ1) is 72.7. The number of rotatable bonds is 4. The lowest BCUT2D eigenvalue weighted by atomic mass is 9.30. The van der Waals surface area contributed by atoms with Crippen LogP contribution in [0.4, 0.5) is 68.2 Å². The first-order chi connectivity index (χ1) is 46.7. The maximum absolute atomic E-state index is 2.76. The van der Waals surface area contributed by atoms with Crippen LogP contribution in [0.2, 0.25) is 0 Å². The van der Waals surface area contributed by atoms with Gasteiger partial charge in [0.05, 0.1) is 0 Å². The van der Waals surface area contributed by atoms with E-state index in [4.69, 9.17) is 0 Å². The molecule has 0 amide bonds. The SMILES string of the molecule is Cc1cc2c3c(c1)N(c1cc(C(C)(C)C)cc(C(C)(C)C)c1)c1cc4c(cc1B3c1ccc(C(C)(C)C)cc1N2c1cc(C(C)(C)C)cc(C(C)(C)C)c1)B1c2ccc(C(C)(C)C)cc2N(c2cc(C(C)(C)C)cc(C(C)(C)C)c2)c2cc(C)cc(c21)N4c1cc(C(C)(C)C)cc(C(C)(C)C)c1. The van der Waals surface area contributed by atoms with Crippen LogP contribution in [0, 0.1) is 13.8 Å². The Bertz CT molecular complexity index is 4470. The average Bonchev–Trinajstić information content (AvgIpc) is 0.682. The normalized spacial score (nSPS) is 14.9. The summed E-state index contributed by atoms with van der Waals surface area (Å²) in [5.41, 5.74) is 37.3. The van der Waals surface area contributed by atoms with Gasteiger partial charge in [0.1, 0.15) is 0 Å². The lowest BCUT2D eigenvalue weighted by Crippen LogP contribution is -2.65. The Hall–Kier alpha value is -7.69. The Morgan fingerprint density at radius 1 is 0.186 bits per heavy atom. The van der Waals surface area contributed by atoms with E-state index in [-0.39, 0.29) is 67.6 Å². The van der Waals surface area contributed by atoms with Gasteiger partial charge in [-0.05, 0) is 259 Å². The molecule has 4 aliphatic rings. The predicted octanol–water partition coefficient (Wildman–Crippen LogP) is 23.4. The molecule has 530 valence electrons. The molecular weight excluding hydrogens is 1230 g/mol. The van der Waals surface area contributed by atoms with Crippen molar-refractivity contribution in [2.75, 3.05) is 19.6 Å². The Balaban J connectivity index is 1.24. The van der Waals surface area contributed by atoms with Crippen molar-refractivity contribution in [3.63, 3.8) is 0 Å². The fourth-order valence-corrected chi connectivity index (χ4v) is 16.2. The second kappa shape index (κ2) is 23.4. The molecule has 0 N–H and O–H groups in total. The van der Waals surface area contributed by atoms with Crippen molar-refractivity contribution in [3.05, 3.63) is 212 Å². The molecule has 0 radical (unpaired) electrons. The molecule has 13 rings (SSSR count). The minimum Gasteiger partial charge on any atom is -0.311 e. The fraction of sp³-hybridized carbons (Fsp3) is 0.438. The number of hydrogen-bond donors (Lipinski definition) is 0. The molecule has 0 saturated carbocycles. The van der Waals surface area contributed by atoms with Crippen LogP contribution >= 0.6 is 0 Å². The van der Waals surface area contributed by atoms with Gasteiger partial charge < -0.3 is 19.6 Å². The fourth-order valence-electron chi connectivity index (χ4n) is 16.2. The van der Waals surface area contributed by atoms with Gasteiger partial charge in [-0.3, -0.25) is 0 Å². The van der Waals surface area contributed by atoms with Gasteiger partial charge in [-0.25, -0.2) is 0 Å². The van der Waals surface area contributed by atoms with E-state index in [0.29, 0.717) is 0 Å². The summed E-state index contributed by atoms with van der Waals surface area (Å²) in [6.45, 7) is 76.0. The Morgan fingerprint density at radius 3 is 0.578 bits per heavy atom. The van der Waals surface area contributed by atoms with Crippen LogP contribution in [0.5, 0.6) is 0 Å². The van der Waals surface area contributed by atoms with Gasteiger partial charge in [0.25, 0.3) is 13.4 Å². The van der Waals surface area contributed by atoms with Crippen molar-refractivity contribution in [2.45, 2.75) is 276 Å². The molecule has 0 fully saturated rings. The topological polar surface area (TPSA) is 13.0 Å². The van der Waals surface area contributed by atoms with Crippen molar-refractivity contribution < 1.29 is 0 Å². The summed E-state index contributed by atoms with van der Waals surface area (Å²) in [5, 5.41) is 0. The van der Waals surface area contributed by atoms with Crippen molar-refractivity contribution in [3.8, 4) is 0 Å². The van der Waals surface area contributed by atoms with Crippen LogP contribution in [0.3, 0.4) is 0 Å². The van der Waals surface area contributed by atoms with E-state index in [1.807, 2.05) is 0 Å². The zero-order chi connectivity index (χ0) is 74.8. The van der Waals surface area contributed by atoms with E-state index in [0.717, 1.165) is 0 Å². The molecule has 102 heavy (non-hydrogen) atoms. The standard InChI is InChI=1S/C96H120B2N4/c1-57-37-81-85-83(39-57)101(71-49-65(93(21,22)23)43-66(50-71)94(24,25)26)79-56-80-76(55-75(79)97(85)73-35-33-59(87(3,4)5)53-77(73)99(81)69-45-61(89(9,10)11)41-62(46-69)90(12,13)14)98-74-36-34-60(88(6,7)8)54-78(74)100(70-47-63(91(15,16)17)42-64(48-70)92(18,19)20)82-38-58(2)40-84(86(82)98)102(80)72-51-67(95(27,28)29)44-68(52-72)96(30,31)32/h33-56H,1-32H3. The summed E-state index contributed by atoms with van der Waals surface area (Å²) in [5.74, 6) is 0. The minimum absolute atomic E-state index is 0.101. The second-order valence-electron chi connectivity index (χ2n) is 41.7. The molecule has 9 aromatic carbocycles. The van der Waals surface area contributed by atoms with Crippen LogP contribution in [-0.4, -0.2) is 13.4 Å². The van der Waals surface area contributed by atoms with Crippen molar-refractivity contribution in [2.24, 2.45) is 0 Å². The first-order valence-corrected chi connectivity index (χ1v) is 38.3. The third kappa shape index (κ3) is 12.7. The zero-order valence-electron chi connectivity index (χ0n) is 68.8. The van der Waals surface area contributed by atoms with Gasteiger partial charge in [-0.2, -0.15) is 0 Å². The predicted molar refractivity (Wildman–Crippen MR) is 451 cm³/mol. The van der Waals surface area contributed by atoms with Crippen molar-refractivity contribution >= 4 is 114 Å². The average molecular weight is 1350 g/mol. The lowest BCUT2D eigenvalue weighted by molar-refractivity contribution is 0.568. The van der Waals surface area contributed by atoms with Crippen LogP contribution in [-0.2, 0) is 54.1 Å². The van der Waals surface area contributed by atoms with E-state index in [1.54, 1.807) is 0 Å². The highest BCUT2D eigenvalue weighted by molar-refractivity contribution is 7.03. The Morgan fingerprint density at radius 2 is 0.382 bits per heavy atom. The highest BCUT2D eigenvalue weighted by atomic mass is 15.2. The van der Waals surface area contributed by atoms with Crippen LogP contribution in [0.25, 0.3) is 0 Å². The summed E-state index contributed by atoms with van der Waals surface area (Å²) in [6, 6.07) is 61.0. The zero-order valence-corrected chi connectivity index (χ0v) is 68.8. The molecule has 0 aliphatic carbocycles. The molecule has 0 aromatic heterocycles. The molecule has 0 atom stereocenters. The second-order valence-corrected chi connectivity index (χ2v) is 41.7. The van der Waals surface area contributed by atoms with E-state index in [9.17, 15) is 0 Å². The highest BCUT2D eigenvalue weighted by Gasteiger charge is 2.50. The summed E-state index contributed by atoms with van der Waals surface area (Å²) in [6.07, 6.45) is 0. The van der Waals surface area contributed by atoms with E-state index in [1.165, 1.54) is 168 Å². The van der Waals surface area contributed by atoms with Crippen LogP contribution < -0.4 is 52.4 Å². The minimum atomic E-state index is -0.143. The molecule has 4 aliphatic heterocycles. The summed E-state index contributed by atoms with van der Waals surface area (Å²) < 4.78 is 0. The number of aryl methyl sites for hydroxylation is 2. The van der Waals surface area contributed by atoms with E-state index >= 15 is 0 Å². The third-order valence-electron chi connectivity index (χ3n) is 22.9. The summed E-state index contributed by atoms with van der Waals surface area (Å²) in [4.78, 5) is 10.9. The van der Waals surface area contributed by atoms with Gasteiger partial charge in [0, 0.05) is 68.2 Å². The summed E-state index contributed by atoms with van der Waals surface area (Å²) >= 11 is 0. The number of hydrogen-bond acceptors (Lipinski definition) is 4. The molecule has 0 unspecified atom stereocenters. The van der Waals surface area contributed by atoms with Crippen LogP contribution in [0.1, 0.15) is 274 Å². The molecule has 6 heteroatoms. The number of nitrogens with zero attached hydrogens (tertiary/aromatic N) is 4. The highest BCUT2D eigenvalue weighted by Crippen LogP contribution is 2.53. The molecular formula is C96H120B2N4. The van der Waals surface area contributed by atoms with Gasteiger partial charge >= 0.3 is 0 Å². The maximum atomic E-state index is 2.76. The number of fused-ring (bicyclic) bond motifs is 8. The van der Waals surface area contributed by atoms with E-state index < -0.39 is 0 Å². The Labute approximate surface area is 618 Å². The number of anilines is 12. The van der Waals surface area contributed by atoms with Gasteiger partial charge in [0.15, 0.2) is 0 Å². The molecule has 0 saturated heterocycles. The maximum Gasteiger partial charge on any atom is 0.252 e. The van der Waals surface area contributed by atoms with Gasteiger partial charge in [-0.1, -0.05) is 262 Å². The van der Waals surface area contributed by atoms with Crippen LogP contribution in [0.15, 0.2) is 146 Å². The Kier molecular flexibility index (Phi) is 16.7. The van der Waals surface area contributed by atoms with E-state index in [2.05, 4.69) is 387 Å². The number of benzene rings is 9. The molecule has 0 bridgehead atoms. The van der Waals surface area contributed by atoms with Crippen molar-refractivity contribution in [1.82, 2.24) is 0 Å². The quantitative estimate of drug-likeness (QED) is 0.163. The van der Waals surface area contributed by atoms with Gasteiger partial charge in [-0.15, -0.1) is 0 Å². The molecule has 4 nitrogen and oxygen atoms in total. The molecule has 0 spiro atoms. The van der Waals surface area contributed by atoms with Gasteiger partial charge in [0.2, 0.25) is 0 Å². The van der Waals surface area contributed by atoms with Crippen molar-refractivity contribution in [1.29, 1.82) is 0 Å². The third-order valence-corrected chi connectivity index (χ3v) is 22.9. The summed E-state index contributed by atoms with van der Waals surface area (Å²) in [7, 11) is 0. The molecule has 4 heterocycles.